The normalized spacial score (nSPS) is 11.8. The van der Waals surface area contributed by atoms with Crippen molar-refractivity contribution in [2.45, 2.75) is 11.5 Å². The standard InChI is InChI=1S/C17H15ClN2O4S2/c1-20(2)26(22,23)11-7-8-13(18)12(9-11)17(21)24-10-16-19-14-5-3-4-6-15(14)25-16/h3-9H,10H2,1-2H3. The van der Waals surface area contributed by atoms with Gasteiger partial charge in [-0.1, -0.05) is 23.7 Å². The monoisotopic (exact) mass is 410 g/mol. The first-order valence-electron chi connectivity index (χ1n) is 7.52. The number of hydrogen-bond acceptors (Lipinski definition) is 6. The Morgan fingerprint density at radius 2 is 1.96 bits per heavy atom. The highest BCUT2D eigenvalue weighted by atomic mass is 35.5. The molecule has 0 bridgehead atoms. The fourth-order valence-corrected chi connectivity index (χ4v) is 4.22. The van der Waals surface area contributed by atoms with Crippen molar-refractivity contribution in [3.8, 4) is 0 Å². The summed E-state index contributed by atoms with van der Waals surface area (Å²) in [6.45, 7) is -0.0147. The number of ether oxygens (including phenoxy) is 1. The van der Waals surface area contributed by atoms with E-state index in [9.17, 15) is 13.2 Å². The predicted octanol–water partition coefficient (Wildman–Crippen LogP) is 3.56. The Balaban J connectivity index is 1.81. The lowest BCUT2D eigenvalue weighted by Gasteiger charge is -2.12. The Kier molecular flexibility index (Phi) is 5.29. The topological polar surface area (TPSA) is 76.6 Å². The molecular weight excluding hydrogens is 396 g/mol. The Morgan fingerprint density at radius 3 is 2.65 bits per heavy atom. The number of para-hydroxylation sites is 1. The molecule has 136 valence electrons. The molecule has 0 N–H and O–H groups in total. The number of sulfonamides is 1. The van der Waals surface area contributed by atoms with E-state index in [1.54, 1.807) is 0 Å². The average Bonchev–Trinajstić information content (AvgIpc) is 3.02. The first kappa shape index (κ1) is 18.8. The van der Waals surface area contributed by atoms with Gasteiger partial charge >= 0.3 is 5.97 Å². The Labute approximate surface area is 160 Å². The molecule has 0 fully saturated rings. The number of carbonyl (C=O) groups excluding carboxylic acids is 1. The van der Waals surface area contributed by atoms with E-state index in [1.165, 1.54) is 43.6 Å². The number of nitrogens with zero attached hydrogens (tertiary/aromatic N) is 2. The highest BCUT2D eigenvalue weighted by molar-refractivity contribution is 7.89. The molecule has 0 amide bonds. The van der Waals surface area contributed by atoms with Gasteiger partial charge in [-0.2, -0.15) is 0 Å². The fraction of sp³-hybridized carbons (Fsp3) is 0.176. The van der Waals surface area contributed by atoms with Crippen molar-refractivity contribution in [2.24, 2.45) is 0 Å². The molecule has 0 saturated carbocycles. The van der Waals surface area contributed by atoms with Crippen LogP contribution >= 0.6 is 22.9 Å². The number of aromatic nitrogens is 1. The Bertz CT molecular complexity index is 1040. The predicted molar refractivity (Wildman–Crippen MR) is 101 cm³/mol. The van der Waals surface area contributed by atoms with Gasteiger partial charge in [-0.05, 0) is 30.3 Å². The third-order valence-corrected chi connectivity index (χ3v) is 6.75. The number of carbonyl (C=O) groups is 1. The summed E-state index contributed by atoms with van der Waals surface area (Å²) in [5.74, 6) is -0.704. The molecule has 0 aliphatic carbocycles. The first-order valence-corrected chi connectivity index (χ1v) is 10.2. The maximum absolute atomic E-state index is 12.4. The van der Waals surface area contributed by atoms with Crippen molar-refractivity contribution in [2.75, 3.05) is 14.1 Å². The number of halogens is 1. The van der Waals surface area contributed by atoms with E-state index in [-0.39, 0.29) is 22.1 Å². The number of rotatable bonds is 5. The van der Waals surface area contributed by atoms with Gasteiger partial charge < -0.3 is 4.74 Å². The van der Waals surface area contributed by atoms with Crippen molar-refractivity contribution in [3.05, 3.63) is 58.1 Å². The smallest absolute Gasteiger partial charge is 0.340 e. The molecule has 26 heavy (non-hydrogen) atoms. The Hall–Kier alpha value is -2.00. The molecule has 0 saturated heterocycles. The van der Waals surface area contributed by atoms with Crippen LogP contribution in [0.5, 0.6) is 0 Å². The van der Waals surface area contributed by atoms with E-state index in [0.717, 1.165) is 14.5 Å². The quantitative estimate of drug-likeness (QED) is 0.601. The van der Waals surface area contributed by atoms with Crippen LogP contribution in [-0.4, -0.2) is 37.8 Å². The molecule has 0 atom stereocenters. The zero-order valence-corrected chi connectivity index (χ0v) is 16.4. The van der Waals surface area contributed by atoms with Gasteiger partial charge in [-0.15, -0.1) is 11.3 Å². The van der Waals surface area contributed by atoms with Gasteiger partial charge in [0.1, 0.15) is 11.6 Å². The van der Waals surface area contributed by atoms with E-state index in [2.05, 4.69) is 4.98 Å². The molecule has 0 aliphatic heterocycles. The lowest BCUT2D eigenvalue weighted by Crippen LogP contribution is -2.22. The Morgan fingerprint density at radius 1 is 1.23 bits per heavy atom. The summed E-state index contributed by atoms with van der Waals surface area (Å²) in [6, 6.07) is 11.5. The van der Waals surface area contributed by atoms with E-state index >= 15 is 0 Å². The summed E-state index contributed by atoms with van der Waals surface area (Å²) < 4.78 is 31.8. The molecule has 1 heterocycles. The summed E-state index contributed by atoms with van der Waals surface area (Å²) in [5.41, 5.74) is 0.830. The van der Waals surface area contributed by atoms with Gasteiger partial charge in [0.15, 0.2) is 0 Å². The lowest BCUT2D eigenvalue weighted by molar-refractivity contribution is 0.0472. The highest BCUT2D eigenvalue weighted by Gasteiger charge is 2.21. The molecule has 0 unspecified atom stereocenters. The van der Waals surface area contributed by atoms with E-state index in [0.29, 0.717) is 5.01 Å². The molecule has 0 aliphatic rings. The van der Waals surface area contributed by atoms with Gasteiger partial charge in [0.25, 0.3) is 0 Å². The SMILES string of the molecule is CN(C)S(=O)(=O)c1ccc(Cl)c(C(=O)OCc2nc3ccccc3s2)c1. The molecule has 1 aromatic heterocycles. The second-order valence-corrected chi connectivity index (χ2v) is 9.25. The fourth-order valence-electron chi connectivity index (χ4n) is 2.22. The maximum atomic E-state index is 12.4. The lowest BCUT2D eigenvalue weighted by atomic mass is 10.2. The number of hydrogen-bond donors (Lipinski definition) is 0. The highest BCUT2D eigenvalue weighted by Crippen LogP contribution is 2.25. The van der Waals surface area contributed by atoms with Crippen LogP contribution in [0.15, 0.2) is 47.4 Å². The van der Waals surface area contributed by atoms with Crippen LogP contribution in [0.25, 0.3) is 10.2 Å². The molecule has 0 spiro atoms. The summed E-state index contributed by atoms with van der Waals surface area (Å²) in [7, 11) is -0.854. The number of thiazole rings is 1. The van der Waals surface area contributed by atoms with Crippen LogP contribution in [0.3, 0.4) is 0 Å². The number of esters is 1. The van der Waals surface area contributed by atoms with Gasteiger partial charge in [0.05, 0.1) is 25.7 Å². The largest absolute Gasteiger partial charge is 0.455 e. The van der Waals surface area contributed by atoms with Crippen LogP contribution in [0.1, 0.15) is 15.4 Å². The third-order valence-electron chi connectivity index (χ3n) is 3.60. The van der Waals surface area contributed by atoms with Gasteiger partial charge in [-0.25, -0.2) is 22.5 Å². The summed E-state index contributed by atoms with van der Waals surface area (Å²) in [6.07, 6.45) is 0. The molecule has 0 radical (unpaired) electrons. The van der Waals surface area contributed by atoms with Crippen LogP contribution in [0, 0.1) is 0 Å². The second kappa shape index (κ2) is 7.32. The number of benzene rings is 2. The zero-order chi connectivity index (χ0) is 18.9. The third kappa shape index (κ3) is 3.73. The van der Waals surface area contributed by atoms with Crippen LogP contribution in [0.4, 0.5) is 0 Å². The van der Waals surface area contributed by atoms with Crippen LogP contribution < -0.4 is 0 Å². The minimum Gasteiger partial charge on any atom is -0.455 e. The zero-order valence-electron chi connectivity index (χ0n) is 14.0. The van der Waals surface area contributed by atoms with Crippen molar-refractivity contribution < 1.29 is 17.9 Å². The first-order chi connectivity index (χ1) is 12.3. The summed E-state index contributed by atoms with van der Waals surface area (Å²) in [4.78, 5) is 16.7. The van der Waals surface area contributed by atoms with Crippen molar-refractivity contribution in [1.29, 1.82) is 0 Å². The average molecular weight is 411 g/mol. The summed E-state index contributed by atoms with van der Waals surface area (Å²) >= 11 is 7.47. The van der Waals surface area contributed by atoms with E-state index < -0.39 is 16.0 Å². The van der Waals surface area contributed by atoms with E-state index in [1.807, 2.05) is 24.3 Å². The van der Waals surface area contributed by atoms with E-state index in [4.69, 9.17) is 16.3 Å². The van der Waals surface area contributed by atoms with Gasteiger partial charge in [0, 0.05) is 14.1 Å². The maximum Gasteiger partial charge on any atom is 0.340 e. The van der Waals surface area contributed by atoms with Crippen LogP contribution in [0.2, 0.25) is 5.02 Å². The van der Waals surface area contributed by atoms with Gasteiger partial charge in [-0.3, -0.25) is 0 Å². The number of fused-ring (bicyclic) bond motifs is 1. The minimum atomic E-state index is -3.68. The van der Waals surface area contributed by atoms with Crippen molar-refractivity contribution in [3.63, 3.8) is 0 Å². The summed E-state index contributed by atoms with van der Waals surface area (Å²) in [5, 5.41) is 0.768. The molecule has 9 heteroatoms. The van der Waals surface area contributed by atoms with Crippen molar-refractivity contribution in [1.82, 2.24) is 9.29 Å². The molecule has 2 aromatic carbocycles. The molecule has 3 aromatic rings. The van der Waals surface area contributed by atoms with Crippen molar-refractivity contribution >= 4 is 49.1 Å². The second-order valence-electron chi connectivity index (χ2n) is 5.58. The molecule has 3 rings (SSSR count). The molecular formula is C17H15ClN2O4S2. The molecule has 6 nitrogen and oxygen atoms in total. The minimum absolute atomic E-state index is 0.00398. The van der Waals surface area contributed by atoms with Gasteiger partial charge in [0.2, 0.25) is 10.0 Å². The van der Waals surface area contributed by atoms with Crippen LogP contribution in [-0.2, 0) is 21.4 Å².